The van der Waals surface area contributed by atoms with E-state index in [1.807, 2.05) is 61.5 Å². The molecule has 37 heavy (non-hydrogen) atoms. The zero-order valence-electron chi connectivity index (χ0n) is 20.3. The van der Waals surface area contributed by atoms with Crippen LogP contribution in [0.15, 0.2) is 83.9 Å². The van der Waals surface area contributed by atoms with Crippen LogP contribution in [0.25, 0.3) is 5.69 Å². The molecule has 1 atom stereocenters. The number of methoxy groups -OCH3 is 1. The van der Waals surface area contributed by atoms with E-state index in [0.717, 1.165) is 16.3 Å². The van der Waals surface area contributed by atoms with Crippen molar-refractivity contribution in [1.29, 1.82) is 0 Å². The number of aryl methyl sites for hydroxylation is 1. The molecule has 9 heteroatoms. The molecule has 1 aromatic heterocycles. The molecule has 0 spiro atoms. The molecule has 0 fully saturated rings. The second-order valence-electron chi connectivity index (χ2n) is 8.51. The molecule has 2 amide bonds. The number of anilines is 1. The maximum absolute atomic E-state index is 13.9. The van der Waals surface area contributed by atoms with E-state index in [-0.39, 0.29) is 24.1 Å². The quantitative estimate of drug-likeness (QED) is 0.398. The summed E-state index contributed by atoms with van der Waals surface area (Å²) < 4.78 is 20.9. The Kier molecular flexibility index (Phi) is 6.96. The summed E-state index contributed by atoms with van der Waals surface area (Å²) in [4.78, 5) is 28.9. The summed E-state index contributed by atoms with van der Waals surface area (Å²) in [5, 5.41) is 8.46. The van der Waals surface area contributed by atoms with Crippen LogP contribution < -0.4 is 15.0 Å². The first-order valence-electron chi connectivity index (χ1n) is 11.7. The average Bonchev–Trinajstić information content (AvgIpc) is 3.16. The zero-order chi connectivity index (χ0) is 25.9. The van der Waals surface area contributed by atoms with E-state index in [1.165, 1.54) is 40.9 Å². The lowest BCUT2D eigenvalue weighted by atomic mass is 10.0. The molecule has 1 N–H and O–H groups in total. The summed E-state index contributed by atoms with van der Waals surface area (Å²) >= 11 is 1.34. The summed E-state index contributed by atoms with van der Waals surface area (Å²) in [6, 6.07) is 21.6. The molecule has 0 radical (unpaired) electrons. The second-order valence-corrected chi connectivity index (χ2v) is 9.48. The molecule has 5 rings (SSSR count). The van der Waals surface area contributed by atoms with E-state index in [1.54, 1.807) is 11.8 Å². The van der Waals surface area contributed by atoms with Crippen LogP contribution in [0.4, 0.5) is 10.1 Å². The normalized spacial score (nSPS) is 15.2. The predicted molar refractivity (Wildman–Crippen MR) is 140 cm³/mol. The molecule has 0 saturated carbocycles. The number of hydrogen-bond donors (Lipinski definition) is 1. The molecule has 0 unspecified atom stereocenters. The van der Waals surface area contributed by atoms with Gasteiger partial charge in [-0.25, -0.2) is 9.07 Å². The van der Waals surface area contributed by atoms with Crippen LogP contribution in [0.5, 0.6) is 5.75 Å². The van der Waals surface area contributed by atoms with Gasteiger partial charge in [-0.05, 0) is 49.4 Å². The lowest BCUT2D eigenvalue weighted by Gasteiger charge is -2.29. The number of hydrogen-bond acceptors (Lipinski definition) is 5. The van der Waals surface area contributed by atoms with Crippen molar-refractivity contribution in [3.8, 4) is 11.4 Å². The summed E-state index contributed by atoms with van der Waals surface area (Å²) in [5.74, 6) is -0.309. The van der Waals surface area contributed by atoms with Gasteiger partial charge < -0.3 is 10.1 Å². The van der Waals surface area contributed by atoms with Crippen LogP contribution in [0, 0.1) is 12.7 Å². The number of amides is 2. The molecule has 1 aliphatic rings. The Balaban J connectivity index is 1.60. The van der Waals surface area contributed by atoms with Crippen LogP contribution in [0.2, 0.25) is 0 Å². The Labute approximate surface area is 218 Å². The fourth-order valence-corrected chi connectivity index (χ4v) is 5.54. The third kappa shape index (κ3) is 4.82. The Morgan fingerprint density at radius 2 is 1.76 bits per heavy atom. The molecule has 0 bridgehead atoms. The van der Waals surface area contributed by atoms with Gasteiger partial charge >= 0.3 is 0 Å². The monoisotopic (exact) mass is 516 g/mol. The summed E-state index contributed by atoms with van der Waals surface area (Å²) in [6.45, 7) is 2.04. The van der Waals surface area contributed by atoms with Gasteiger partial charge in [0.25, 0.3) is 0 Å². The maximum Gasteiger partial charge on any atom is 0.248 e. The van der Waals surface area contributed by atoms with Gasteiger partial charge in [0.1, 0.15) is 22.6 Å². The van der Waals surface area contributed by atoms with E-state index in [0.29, 0.717) is 22.7 Å². The van der Waals surface area contributed by atoms with Crippen molar-refractivity contribution in [2.45, 2.75) is 24.5 Å². The van der Waals surface area contributed by atoms with Crippen molar-refractivity contribution in [3.63, 3.8) is 0 Å². The second kappa shape index (κ2) is 10.5. The average molecular weight is 517 g/mol. The summed E-state index contributed by atoms with van der Waals surface area (Å²) in [7, 11) is 1.58. The number of halogens is 1. The highest BCUT2D eigenvalue weighted by Gasteiger charge is 2.40. The molecule has 1 aliphatic heterocycles. The van der Waals surface area contributed by atoms with Crippen molar-refractivity contribution >= 4 is 29.3 Å². The number of rotatable bonds is 6. The minimum atomic E-state index is -1.00. The number of thioether (sulfide) groups is 1. The van der Waals surface area contributed by atoms with Gasteiger partial charge in [-0.15, -0.1) is 0 Å². The number of carbonyl (C=O) groups is 2. The summed E-state index contributed by atoms with van der Waals surface area (Å²) in [5.41, 5.74) is 3.34. The van der Waals surface area contributed by atoms with E-state index in [2.05, 4.69) is 5.32 Å². The van der Waals surface area contributed by atoms with Crippen molar-refractivity contribution in [2.75, 3.05) is 17.8 Å². The number of nitrogens with one attached hydrogen (secondary N) is 1. The first-order valence-corrected chi connectivity index (χ1v) is 12.7. The van der Waals surface area contributed by atoms with Gasteiger partial charge in [-0.3, -0.25) is 14.5 Å². The van der Waals surface area contributed by atoms with Crippen LogP contribution in [-0.2, 0) is 16.1 Å². The van der Waals surface area contributed by atoms with Gasteiger partial charge in [0.15, 0.2) is 0 Å². The third-order valence-electron chi connectivity index (χ3n) is 6.19. The predicted octanol–water partition coefficient (Wildman–Crippen LogP) is 4.82. The standard InChI is InChI=1S/C28H25FN4O3S/c1-18-25-26(27(35)30-16-19-8-6-7-11-23(19)36-2)32(21-14-12-20(29)13-15-21)24(34)17-37-28(25)33(31-18)22-9-4-3-5-10-22/h3-15,26H,16-17H2,1-2H3,(H,30,35)/t26-/m0/s1. The van der Waals surface area contributed by atoms with E-state index >= 15 is 0 Å². The molecule has 188 valence electrons. The molecule has 7 nitrogen and oxygen atoms in total. The third-order valence-corrected chi connectivity index (χ3v) is 7.25. The highest BCUT2D eigenvalue weighted by atomic mass is 32.2. The van der Waals surface area contributed by atoms with Crippen molar-refractivity contribution in [2.24, 2.45) is 0 Å². The van der Waals surface area contributed by atoms with Gasteiger partial charge in [-0.2, -0.15) is 5.10 Å². The SMILES string of the molecule is COc1ccccc1CNC(=O)[C@@H]1c2c(C)nn(-c3ccccc3)c2SCC(=O)N1c1ccc(F)cc1. The molecule has 2 heterocycles. The van der Waals surface area contributed by atoms with E-state index < -0.39 is 11.9 Å². The van der Waals surface area contributed by atoms with Crippen LogP contribution in [0.1, 0.15) is 22.9 Å². The van der Waals surface area contributed by atoms with Crippen LogP contribution in [-0.4, -0.2) is 34.5 Å². The smallest absolute Gasteiger partial charge is 0.248 e. The van der Waals surface area contributed by atoms with Gasteiger partial charge in [0, 0.05) is 23.4 Å². The number of aromatic nitrogens is 2. The Hall–Kier alpha value is -4.11. The lowest BCUT2D eigenvalue weighted by molar-refractivity contribution is -0.126. The zero-order valence-corrected chi connectivity index (χ0v) is 21.2. The van der Waals surface area contributed by atoms with Gasteiger partial charge in [0.2, 0.25) is 11.8 Å². The van der Waals surface area contributed by atoms with Crippen LogP contribution >= 0.6 is 11.8 Å². The lowest BCUT2D eigenvalue weighted by Crippen LogP contribution is -2.44. The molecular formula is C28H25FN4O3S. The first kappa shape index (κ1) is 24.6. The van der Waals surface area contributed by atoms with Crippen molar-refractivity contribution in [1.82, 2.24) is 15.1 Å². The van der Waals surface area contributed by atoms with Crippen molar-refractivity contribution < 1.29 is 18.7 Å². The molecule has 0 aliphatic carbocycles. The fourth-order valence-electron chi connectivity index (χ4n) is 4.46. The number of para-hydroxylation sites is 2. The van der Waals surface area contributed by atoms with E-state index in [4.69, 9.17) is 9.84 Å². The highest BCUT2D eigenvalue weighted by Crippen LogP contribution is 2.41. The topological polar surface area (TPSA) is 76.5 Å². The Bertz CT molecular complexity index is 1440. The Morgan fingerprint density at radius 1 is 1.05 bits per heavy atom. The molecular weight excluding hydrogens is 491 g/mol. The van der Waals surface area contributed by atoms with Gasteiger partial charge in [-0.1, -0.05) is 48.2 Å². The minimum absolute atomic E-state index is 0.0959. The minimum Gasteiger partial charge on any atom is -0.496 e. The number of benzene rings is 3. The van der Waals surface area contributed by atoms with Gasteiger partial charge in [0.05, 0.1) is 24.2 Å². The number of carbonyl (C=O) groups excluding carboxylic acids is 2. The number of nitrogens with zero attached hydrogens (tertiary/aromatic N) is 3. The maximum atomic E-state index is 13.9. The Morgan fingerprint density at radius 3 is 2.49 bits per heavy atom. The number of fused-ring (bicyclic) bond motifs is 1. The van der Waals surface area contributed by atoms with Crippen molar-refractivity contribution in [3.05, 3.63) is 102 Å². The molecule has 4 aromatic rings. The summed E-state index contributed by atoms with van der Waals surface area (Å²) in [6.07, 6.45) is 0. The van der Waals surface area contributed by atoms with Crippen LogP contribution in [0.3, 0.4) is 0 Å². The molecule has 0 saturated heterocycles. The largest absolute Gasteiger partial charge is 0.496 e. The number of ether oxygens (including phenoxy) is 1. The highest BCUT2D eigenvalue weighted by molar-refractivity contribution is 8.00. The molecule has 3 aromatic carbocycles. The fraction of sp³-hybridized carbons (Fsp3) is 0.179. The van der Waals surface area contributed by atoms with E-state index in [9.17, 15) is 14.0 Å². The first-order chi connectivity index (χ1) is 18.0.